The lowest BCUT2D eigenvalue weighted by Crippen LogP contribution is -1.94. The molecule has 0 bridgehead atoms. The standard InChI is InChI=1S/C11H20O/c1-4-10(2)6-5-7-11(3)8-9-12/h6,9,11H,4-5,7-8H2,1-3H3/b10-6-. The second-order valence-electron chi connectivity index (χ2n) is 3.49. The van der Waals surface area contributed by atoms with Crippen molar-refractivity contribution in [1.82, 2.24) is 0 Å². The first-order valence-corrected chi connectivity index (χ1v) is 4.80. The van der Waals surface area contributed by atoms with Crippen LogP contribution in [0.3, 0.4) is 0 Å². The van der Waals surface area contributed by atoms with E-state index in [1.54, 1.807) is 0 Å². The number of carbonyl (C=O) groups excluding carboxylic acids is 1. The zero-order chi connectivity index (χ0) is 9.40. The molecular weight excluding hydrogens is 148 g/mol. The quantitative estimate of drug-likeness (QED) is 0.439. The van der Waals surface area contributed by atoms with E-state index in [1.165, 1.54) is 5.57 Å². The van der Waals surface area contributed by atoms with E-state index in [0.29, 0.717) is 12.3 Å². The van der Waals surface area contributed by atoms with Crippen LogP contribution >= 0.6 is 0 Å². The SMILES string of the molecule is CC/C(C)=C\CCC(C)CC=O. The predicted molar refractivity (Wildman–Crippen MR) is 53.1 cm³/mol. The zero-order valence-electron chi connectivity index (χ0n) is 8.47. The first-order chi connectivity index (χ1) is 5.70. The van der Waals surface area contributed by atoms with Crippen LogP contribution in [0.15, 0.2) is 11.6 Å². The fraction of sp³-hybridized carbons (Fsp3) is 0.727. The third kappa shape index (κ3) is 6.14. The van der Waals surface area contributed by atoms with Crippen molar-refractivity contribution in [3.05, 3.63) is 11.6 Å². The highest BCUT2D eigenvalue weighted by Crippen LogP contribution is 2.10. The maximum atomic E-state index is 10.2. The van der Waals surface area contributed by atoms with Crippen LogP contribution in [-0.2, 0) is 4.79 Å². The molecule has 70 valence electrons. The van der Waals surface area contributed by atoms with Gasteiger partial charge in [-0.3, -0.25) is 0 Å². The summed E-state index contributed by atoms with van der Waals surface area (Å²) >= 11 is 0. The van der Waals surface area contributed by atoms with Crippen molar-refractivity contribution in [1.29, 1.82) is 0 Å². The van der Waals surface area contributed by atoms with E-state index < -0.39 is 0 Å². The molecule has 0 amide bonds. The van der Waals surface area contributed by atoms with Crippen LogP contribution in [-0.4, -0.2) is 6.29 Å². The predicted octanol–water partition coefficient (Wildman–Crippen LogP) is 3.35. The number of rotatable bonds is 6. The molecule has 0 aromatic heterocycles. The van der Waals surface area contributed by atoms with Gasteiger partial charge in [0.1, 0.15) is 6.29 Å². The molecule has 0 saturated carbocycles. The number of hydrogen-bond acceptors (Lipinski definition) is 1. The van der Waals surface area contributed by atoms with Gasteiger partial charge in [0.05, 0.1) is 0 Å². The molecule has 0 heterocycles. The third-order valence-corrected chi connectivity index (χ3v) is 2.21. The molecule has 0 saturated heterocycles. The first-order valence-electron chi connectivity index (χ1n) is 4.80. The Balaban J connectivity index is 3.47. The smallest absolute Gasteiger partial charge is 0.120 e. The van der Waals surface area contributed by atoms with Crippen molar-refractivity contribution >= 4 is 6.29 Å². The van der Waals surface area contributed by atoms with Crippen LogP contribution in [0.2, 0.25) is 0 Å². The van der Waals surface area contributed by atoms with Crippen molar-refractivity contribution < 1.29 is 4.79 Å². The minimum Gasteiger partial charge on any atom is -0.303 e. The Morgan fingerprint density at radius 3 is 2.67 bits per heavy atom. The molecule has 0 aliphatic carbocycles. The molecular formula is C11H20O. The lowest BCUT2D eigenvalue weighted by molar-refractivity contribution is -0.108. The molecule has 0 radical (unpaired) electrons. The largest absolute Gasteiger partial charge is 0.303 e. The fourth-order valence-corrected chi connectivity index (χ4v) is 1.04. The summed E-state index contributed by atoms with van der Waals surface area (Å²) < 4.78 is 0. The zero-order valence-corrected chi connectivity index (χ0v) is 8.47. The minimum absolute atomic E-state index is 0.545. The molecule has 1 heteroatoms. The Labute approximate surface area is 75.9 Å². The summed E-state index contributed by atoms with van der Waals surface area (Å²) in [5, 5.41) is 0. The Morgan fingerprint density at radius 1 is 1.50 bits per heavy atom. The Kier molecular flexibility index (Phi) is 6.73. The van der Waals surface area contributed by atoms with Crippen molar-refractivity contribution in [2.24, 2.45) is 5.92 Å². The van der Waals surface area contributed by atoms with Gasteiger partial charge in [0.25, 0.3) is 0 Å². The van der Waals surface area contributed by atoms with Gasteiger partial charge in [-0.05, 0) is 32.1 Å². The van der Waals surface area contributed by atoms with E-state index in [9.17, 15) is 4.79 Å². The van der Waals surface area contributed by atoms with Crippen LogP contribution < -0.4 is 0 Å². The maximum Gasteiger partial charge on any atom is 0.120 e. The minimum atomic E-state index is 0.545. The molecule has 0 spiro atoms. The average Bonchev–Trinajstić information content (AvgIpc) is 2.04. The second kappa shape index (κ2) is 7.08. The number of allylic oxidation sites excluding steroid dienone is 2. The summed E-state index contributed by atoms with van der Waals surface area (Å²) in [5.41, 5.74) is 1.45. The van der Waals surface area contributed by atoms with Crippen LogP contribution in [0.1, 0.15) is 46.5 Å². The Bertz CT molecular complexity index is 147. The summed E-state index contributed by atoms with van der Waals surface area (Å²) in [6.07, 6.45) is 7.40. The van der Waals surface area contributed by atoms with E-state index >= 15 is 0 Å². The summed E-state index contributed by atoms with van der Waals surface area (Å²) in [6.45, 7) is 6.45. The van der Waals surface area contributed by atoms with Crippen LogP contribution in [0, 0.1) is 5.92 Å². The molecule has 1 atom stereocenters. The van der Waals surface area contributed by atoms with Gasteiger partial charge in [-0.25, -0.2) is 0 Å². The Morgan fingerprint density at radius 2 is 2.17 bits per heavy atom. The van der Waals surface area contributed by atoms with E-state index in [1.807, 2.05) is 0 Å². The van der Waals surface area contributed by atoms with Gasteiger partial charge in [0, 0.05) is 6.42 Å². The molecule has 0 aliphatic rings. The maximum absolute atomic E-state index is 10.2. The average molecular weight is 168 g/mol. The summed E-state index contributed by atoms with van der Waals surface area (Å²) in [7, 11) is 0. The lowest BCUT2D eigenvalue weighted by Gasteiger charge is -2.04. The molecule has 12 heavy (non-hydrogen) atoms. The van der Waals surface area contributed by atoms with Crippen molar-refractivity contribution in [2.75, 3.05) is 0 Å². The third-order valence-electron chi connectivity index (χ3n) is 2.21. The number of aldehydes is 1. The van der Waals surface area contributed by atoms with Gasteiger partial charge < -0.3 is 4.79 Å². The van der Waals surface area contributed by atoms with E-state index in [4.69, 9.17) is 0 Å². The van der Waals surface area contributed by atoms with Gasteiger partial charge in [-0.15, -0.1) is 0 Å². The van der Waals surface area contributed by atoms with E-state index in [0.717, 1.165) is 25.5 Å². The van der Waals surface area contributed by atoms with Gasteiger partial charge in [0.2, 0.25) is 0 Å². The highest BCUT2D eigenvalue weighted by Gasteiger charge is 1.98. The number of carbonyl (C=O) groups is 1. The van der Waals surface area contributed by atoms with Gasteiger partial charge in [0.15, 0.2) is 0 Å². The van der Waals surface area contributed by atoms with Crippen LogP contribution in [0.5, 0.6) is 0 Å². The Hall–Kier alpha value is -0.590. The van der Waals surface area contributed by atoms with Gasteiger partial charge in [-0.2, -0.15) is 0 Å². The second-order valence-corrected chi connectivity index (χ2v) is 3.49. The molecule has 0 fully saturated rings. The topological polar surface area (TPSA) is 17.1 Å². The molecule has 0 N–H and O–H groups in total. The fourth-order valence-electron chi connectivity index (χ4n) is 1.04. The van der Waals surface area contributed by atoms with E-state index in [2.05, 4.69) is 26.8 Å². The van der Waals surface area contributed by atoms with Crippen molar-refractivity contribution in [3.8, 4) is 0 Å². The molecule has 0 aliphatic heterocycles. The molecule has 1 nitrogen and oxygen atoms in total. The normalized spacial score (nSPS) is 14.4. The van der Waals surface area contributed by atoms with Crippen LogP contribution in [0.25, 0.3) is 0 Å². The van der Waals surface area contributed by atoms with Crippen LogP contribution in [0.4, 0.5) is 0 Å². The highest BCUT2D eigenvalue weighted by molar-refractivity contribution is 5.49. The summed E-state index contributed by atoms with van der Waals surface area (Å²) in [6, 6.07) is 0. The molecule has 0 rings (SSSR count). The van der Waals surface area contributed by atoms with Crippen molar-refractivity contribution in [3.63, 3.8) is 0 Å². The summed E-state index contributed by atoms with van der Waals surface area (Å²) in [5.74, 6) is 0.545. The lowest BCUT2D eigenvalue weighted by atomic mass is 10.0. The monoisotopic (exact) mass is 168 g/mol. The summed E-state index contributed by atoms with van der Waals surface area (Å²) in [4.78, 5) is 10.2. The highest BCUT2D eigenvalue weighted by atomic mass is 16.1. The van der Waals surface area contributed by atoms with Crippen molar-refractivity contribution in [2.45, 2.75) is 46.5 Å². The number of hydrogen-bond donors (Lipinski definition) is 0. The van der Waals surface area contributed by atoms with Gasteiger partial charge in [-0.1, -0.05) is 25.5 Å². The first kappa shape index (κ1) is 11.4. The molecule has 1 unspecified atom stereocenters. The molecule has 0 aromatic rings. The molecule has 0 aromatic carbocycles. The van der Waals surface area contributed by atoms with E-state index in [-0.39, 0.29) is 0 Å². The van der Waals surface area contributed by atoms with Gasteiger partial charge >= 0.3 is 0 Å².